The van der Waals surface area contributed by atoms with Crippen LogP contribution >= 0.6 is 0 Å². The summed E-state index contributed by atoms with van der Waals surface area (Å²) in [5, 5.41) is 5.25. The third-order valence-electron chi connectivity index (χ3n) is 3.73. The fourth-order valence-corrected chi connectivity index (χ4v) is 2.57. The monoisotopic (exact) mass is 305 g/mol. The first-order chi connectivity index (χ1) is 11.2. The molecule has 23 heavy (non-hydrogen) atoms. The number of carbonyl (C=O) groups is 1. The summed E-state index contributed by atoms with van der Waals surface area (Å²) in [4.78, 5) is 15.5. The number of aromatic nitrogens is 1. The van der Waals surface area contributed by atoms with Crippen LogP contribution in [0.1, 0.15) is 29.8 Å². The highest BCUT2D eigenvalue weighted by molar-refractivity contribution is 6.08. The Kier molecular flexibility index (Phi) is 4.24. The van der Waals surface area contributed by atoms with Crippen LogP contribution in [0.15, 0.2) is 65.9 Å². The van der Waals surface area contributed by atoms with Crippen molar-refractivity contribution in [3.05, 3.63) is 71.9 Å². The van der Waals surface area contributed by atoms with Crippen LogP contribution in [0.25, 0.3) is 10.9 Å². The van der Waals surface area contributed by atoms with Crippen LogP contribution in [0, 0.1) is 5.92 Å². The Morgan fingerprint density at radius 2 is 1.74 bits per heavy atom. The first kappa shape index (κ1) is 15.0. The van der Waals surface area contributed by atoms with Crippen LogP contribution in [-0.4, -0.2) is 16.6 Å². The van der Waals surface area contributed by atoms with E-state index >= 15 is 0 Å². The molecule has 0 saturated heterocycles. The van der Waals surface area contributed by atoms with Gasteiger partial charge in [-0.25, -0.2) is 5.43 Å². The fraction of sp³-hybridized carbons (Fsp3) is 0.158. The number of fused-ring (bicyclic) bond motifs is 1. The van der Waals surface area contributed by atoms with Crippen molar-refractivity contribution in [2.75, 3.05) is 0 Å². The van der Waals surface area contributed by atoms with Crippen molar-refractivity contribution in [3.8, 4) is 0 Å². The normalized spacial score (nSPS) is 11.9. The second-order valence-electron chi connectivity index (χ2n) is 5.71. The van der Waals surface area contributed by atoms with E-state index in [1.807, 2.05) is 54.6 Å². The molecule has 2 N–H and O–H groups in total. The molecule has 0 saturated carbocycles. The van der Waals surface area contributed by atoms with Gasteiger partial charge < -0.3 is 4.98 Å². The number of H-pyrrole nitrogens is 1. The van der Waals surface area contributed by atoms with Gasteiger partial charge in [-0.3, -0.25) is 4.79 Å². The molecule has 4 heteroatoms. The number of nitrogens with one attached hydrogen (secondary N) is 2. The highest BCUT2D eigenvalue weighted by atomic mass is 16.2. The number of carbonyl (C=O) groups excluding carboxylic acids is 1. The minimum absolute atomic E-state index is 0.209. The smallest absolute Gasteiger partial charge is 0.273 e. The van der Waals surface area contributed by atoms with Crippen LogP contribution in [0.2, 0.25) is 0 Å². The number of nitrogens with zero attached hydrogens (tertiary/aromatic N) is 1. The number of hydrogen-bond acceptors (Lipinski definition) is 2. The summed E-state index contributed by atoms with van der Waals surface area (Å²) >= 11 is 0. The van der Waals surface area contributed by atoms with Crippen molar-refractivity contribution < 1.29 is 4.79 Å². The van der Waals surface area contributed by atoms with Gasteiger partial charge in [0.25, 0.3) is 5.91 Å². The van der Waals surface area contributed by atoms with E-state index in [1.54, 1.807) is 6.20 Å². The summed E-state index contributed by atoms with van der Waals surface area (Å²) in [5.74, 6) is -0.00259. The second kappa shape index (κ2) is 6.48. The zero-order valence-corrected chi connectivity index (χ0v) is 13.2. The molecule has 0 aliphatic rings. The van der Waals surface area contributed by atoms with E-state index in [0.717, 1.165) is 22.2 Å². The standard InChI is InChI=1S/C19H19N3O/c1-13(2)18(14-8-4-3-5-9-14)21-22-19(23)16-12-20-17-11-7-6-10-15(16)17/h3-13,20H,1-2H3,(H,22,23)/b21-18-. The summed E-state index contributed by atoms with van der Waals surface area (Å²) < 4.78 is 0. The molecule has 0 aliphatic heterocycles. The number of benzene rings is 2. The van der Waals surface area contributed by atoms with Crippen LogP contribution in [0.4, 0.5) is 0 Å². The predicted octanol–water partition coefficient (Wildman–Crippen LogP) is 3.96. The summed E-state index contributed by atoms with van der Waals surface area (Å²) in [6.45, 7) is 4.12. The quantitative estimate of drug-likeness (QED) is 0.556. The molecule has 116 valence electrons. The summed E-state index contributed by atoms with van der Waals surface area (Å²) in [6.07, 6.45) is 1.72. The van der Waals surface area contributed by atoms with Crippen molar-refractivity contribution in [2.45, 2.75) is 13.8 Å². The van der Waals surface area contributed by atoms with Gasteiger partial charge in [0.05, 0.1) is 11.3 Å². The van der Waals surface area contributed by atoms with E-state index < -0.39 is 0 Å². The van der Waals surface area contributed by atoms with E-state index in [1.165, 1.54) is 0 Å². The predicted molar refractivity (Wildman–Crippen MR) is 93.6 cm³/mol. The molecule has 1 amide bonds. The minimum Gasteiger partial charge on any atom is -0.360 e. The molecule has 1 heterocycles. The zero-order chi connectivity index (χ0) is 16.2. The van der Waals surface area contributed by atoms with Gasteiger partial charge in [0.1, 0.15) is 0 Å². The lowest BCUT2D eigenvalue weighted by Crippen LogP contribution is -2.22. The Bertz CT molecular complexity index is 847. The molecular formula is C19H19N3O. The van der Waals surface area contributed by atoms with Crippen LogP contribution in [0.3, 0.4) is 0 Å². The molecule has 0 fully saturated rings. The number of para-hydroxylation sites is 1. The second-order valence-corrected chi connectivity index (χ2v) is 5.71. The van der Waals surface area contributed by atoms with Crippen molar-refractivity contribution in [1.29, 1.82) is 0 Å². The van der Waals surface area contributed by atoms with Gasteiger partial charge >= 0.3 is 0 Å². The Labute approximate surface area is 135 Å². The van der Waals surface area contributed by atoms with Gasteiger partial charge in [-0.05, 0) is 17.5 Å². The number of amides is 1. The van der Waals surface area contributed by atoms with Crippen molar-refractivity contribution in [3.63, 3.8) is 0 Å². The average molecular weight is 305 g/mol. The maximum absolute atomic E-state index is 12.4. The largest absolute Gasteiger partial charge is 0.360 e. The van der Waals surface area contributed by atoms with Gasteiger partial charge in [0.15, 0.2) is 0 Å². The first-order valence-corrected chi connectivity index (χ1v) is 7.66. The van der Waals surface area contributed by atoms with Crippen molar-refractivity contribution in [2.24, 2.45) is 11.0 Å². The minimum atomic E-state index is -0.212. The molecule has 0 spiro atoms. The van der Waals surface area contributed by atoms with Crippen LogP contribution in [-0.2, 0) is 0 Å². The van der Waals surface area contributed by atoms with Gasteiger partial charge in [0, 0.05) is 17.1 Å². The average Bonchev–Trinajstić information content (AvgIpc) is 2.99. The van der Waals surface area contributed by atoms with Gasteiger partial charge in [-0.2, -0.15) is 5.10 Å². The van der Waals surface area contributed by atoms with E-state index in [4.69, 9.17) is 0 Å². The number of rotatable bonds is 4. The molecule has 3 aromatic rings. The third kappa shape index (κ3) is 3.16. The first-order valence-electron chi connectivity index (χ1n) is 7.66. The van der Waals surface area contributed by atoms with Gasteiger partial charge in [0.2, 0.25) is 0 Å². The molecule has 0 radical (unpaired) electrons. The third-order valence-corrected chi connectivity index (χ3v) is 3.73. The van der Waals surface area contributed by atoms with Crippen molar-refractivity contribution in [1.82, 2.24) is 10.4 Å². The summed E-state index contributed by atoms with van der Waals surface area (Å²) in [5.41, 5.74) is 6.10. The SMILES string of the molecule is CC(C)/C(=N/NC(=O)c1c[nH]c2ccccc12)c1ccccc1. The molecule has 1 aromatic heterocycles. The zero-order valence-electron chi connectivity index (χ0n) is 13.2. The number of hydrazone groups is 1. The molecule has 0 bridgehead atoms. The Morgan fingerprint density at radius 1 is 1.04 bits per heavy atom. The van der Waals surface area contributed by atoms with Gasteiger partial charge in [-0.1, -0.05) is 62.4 Å². The maximum Gasteiger partial charge on any atom is 0.273 e. The molecule has 2 aromatic carbocycles. The van der Waals surface area contributed by atoms with Gasteiger partial charge in [-0.15, -0.1) is 0 Å². The van der Waals surface area contributed by atoms with E-state index in [2.05, 4.69) is 29.4 Å². The summed E-state index contributed by atoms with van der Waals surface area (Å²) in [7, 11) is 0. The molecule has 0 unspecified atom stereocenters. The molecule has 3 rings (SSSR count). The lowest BCUT2D eigenvalue weighted by molar-refractivity contribution is 0.0956. The molecule has 4 nitrogen and oxygen atoms in total. The summed E-state index contributed by atoms with van der Waals surface area (Å²) in [6, 6.07) is 17.6. The Hall–Kier alpha value is -2.88. The highest BCUT2D eigenvalue weighted by Crippen LogP contribution is 2.17. The highest BCUT2D eigenvalue weighted by Gasteiger charge is 2.13. The number of aromatic amines is 1. The van der Waals surface area contributed by atoms with Crippen LogP contribution < -0.4 is 5.43 Å². The van der Waals surface area contributed by atoms with Crippen molar-refractivity contribution >= 4 is 22.5 Å². The Balaban J connectivity index is 1.87. The van der Waals surface area contributed by atoms with Crippen LogP contribution in [0.5, 0.6) is 0 Å². The van der Waals surface area contributed by atoms with E-state index in [0.29, 0.717) is 5.56 Å². The molecule has 0 atom stereocenters. The Morgan fingerprint density at radius 3 is 2.48 bits per heavy atom. The maximum atomic E-state index is 12.4. The fourth-order valence-electron chi connectivity index (χ4n) is 2.57. The lowest BCUT2D eigenvalue weighted by Gasteiger charge is -2.10. The number of hydrogen-bond donors (Lipinski definition) is 2. The topological polar surface area (TPSA) is 57.2 Å². The van der Waals surface area contributed by atoms with E-state index in [9.17, 15) is 4.79 Å². The van der Waals surface area contributed by atoms with E-state index in [-0.39, 0.29) is 11.8 Å². The molecular weight excluding hydrogens is 286 g/mol. The molecule has 0 aliphatic carbocycles. The lowest BCUT2D eigenvalue weighted by atomic mass is 10.0.